The van der Waals surface area contributed by atoms with E-state index in [-0.39, 0.29) is 13.2 Å². The smallest absolute Gasteiger partial charge is 0.125 e. The summed E-state index contributed by atoms with van der Waals surface area (Å²) in [6.45, 7) is 1.03. The van der Waals surface area contributed by atoms with Gasteiger partial charge in [0, 0.05) is 19.6 Å². The summed E-state index contributed by atoms with van der Waals surface area (Å²) in [6, 6.07) is 4.12. The highest BCUT2D eigenvalue weighted by molar-refractivity contribution is 5.47. The second-order valence-corrected chi connectivity index (χ2v) is 3.79. The van der Waals surface area contributed by atoms with E-state index in [0.717, 1.165) is 29.9 Å². The highest BCUT2D eigenvalue weighted by Crippen LogP contribution is 2.31. The summed E-state index contributed by atoms with van der Waals surface area (Å²) in [5.41, 5.74) is 3.41. The zero-order chi connectivity index (χ0) is 10.7. The third kappa shape index (κ3) is 2.13. The Hall–Kier alpha value is -1.06. The van der Waals surface area contributed by atoms with Gasteiger partial charge in [-0.15, -0.1) is 0 Å². The van der Waals surface area contributed by atoms with E-state index in [4.69, 9.17) is 14.9 Å². The summed E-state index contributed by atoms with van der Waals surface area (Å²) in [4.78, 5) is 0. The number of ether oxygens (including phenoxy) is 1. The van der Waals surface area contributed by atoms with Crippen LogP contribution in [0.4, 0.5) is 0 Å². The molecular weight excluding hydrogens is 192 g/mol. The van der Waals surface area contributed by atoms with Crippen LogP contribution in [0.5, 0.6) is 5.75 Å². The highest BCUT2D eigenvalue weighted by atomic mass is 16.5. The molecule has 3 nitrogen and oxygen atoms in total. The summed E-state index contributed by atoms with van der Waals surface area (Å²) < 4.78 is 5.54. The Kier molecular flexibility index (Phi) is 3.23. The van der Waals surface area contributed by atoms with Crippen molar-refractivity contribution in [1.29, 1.82) is 0 Å². The SMILES string of the molecule is OCCc1cc(CCO)c2c(c1)CCO2. The first-order valence-corrected chi connectivity index (χ1v) is 5.34. The van der Waals surface area contributed by atoms with Crippen molar-refractivity contribution in [3.63, 3.8) is 0 Å². The monoisotopic (exact) mass is 208 g/mol. The van der Waals surface area contributed by atoms with Gasteiger partial charge >= 0.3 is 0 Å². The number of aliphatic hydroxyl groups is 2. The molecule has 2 rings (SSSR count). The quantitative estimate of drug-likeness (QED) is 0.765. The van der Waals surface area contributed by atoms with Gasteiger partial charge in [-0.25, -0.2) is 0 Å². The van der Waals surface area contributed by atoms with Crippen molar-refractivity contribution < 1.29 is 14.9 Å². The topological polar surface area (TPSA) is 49.7 Å². The van der Waals surface area contributed by atoms with Crippen LogP contribution in [0.25, 0.3) is 0 Å². The van der Waals surface area contributed by atoms with Crippen LogP contribution in [0.15, 0.2) is 12.1 Å². The Morgan fingerprint density at radius 1 is 1.13 bits per heavy atom. The zero-order valence-electron chi connectivity index (χ0n) is 8.70. The molecule has 0 fully saturated rings. The van der Waals surface area contributed by atoms with Gasteiger partial charge in [0.2, 0.25) is 0 Å². The van der Waals surface area contributed by atoms with Crippen LogP contribution in [-0.4, -0.2) is 30.0 Å². The van der Waals surface area contributed by atoms with Gasteiger partial charge in [-0.1, -0.05) is 12.1 Å². The number of hydrogen-bond acceptors (Lipinski definition) is 3. The number of benzene rings is 1. The van der Waals surface area contributed by atoms with Crippen molar-refractivity contribution in [2.45, 2.75) is 19.3 Å². The normalized spacial score (nSPS) is 13.7. The molecule has 0 saturated heterocycles. The number of fused-ring (bicyclic) bond motifs is 1. The molecule has 1 heterocycles. The van der Waals surface area contributed by atoms with Crippen molar-refractivity contribution in [3.8, 4) is 5.75 Å². The summed E-state index contributed by atoms with van der Waals surface area (Å²) in [7, 11) is 0. The summed E-state index contributed by atoms with van der Waals surface area (Å²) in [5.74, 6) is 0.950. The minimum Gasteiger partial charge on any atom is -0.493 e. The first kappa shape index (κ1) is 10.5. The van der Waals surface area contributed by atoms with Gasteiger partial charge in [0.15, 0.2) is 0 Å². The molecule has 2 N–H and O–H groups in total. The van der Waals surface area contributed by atoms with Crippen molar-refractivity contribution in [2.75, 3.05) is 19.8 Å². The second kappa shape index (κ2) is 4.64. The Labute approximate surface area is 89.3 Å². The van der Waals surface area contributed by atoms with Gasteiger partial charge in [0.1, 0.15) is 5.75 Å². The van der Waals surface area contributed by atoms with E-state index in [1.807, 2.05) is 6.07 Å². The number of aliphatic hydroxyl groups excluding tert-OH is 2. The highest BCUT2D eigenvalue weighted by Gasteiger charge is 2.17. The summed E-state index contributed by atoms with van der Waals surface area (Å²) in [6.07, 6.45) is 2.24. The van der Waals surface area contributed by atoms with Crippen LogP contribution in [-0.2, 0) is 19.3 Å². The predicted molar refractivity (Wildman–Crippen MR) is 57.2 cm³/mol. The third-order valence-corrected chi connectivity index (χ3v) is 2.70. The fourth-order valence-corrected chi connectivity index (χ4v) is 2.04. The molecule has 15 heavy (non-hydrogen) atoms. The predicted octanol–water partition coefficient (Wildman–Crippen LogP) is 0.691. The van der Waals surface area contributed by atoms with Gasteiger partial charge in [-0.3, -0.25) is 0 Å². The lowest BCUT2D eigenvalue weighted by Gasteiger charge is -2.09. The largest absolute Gasteiger partial charge is 0.493 e. The molecule has 0 radical (unpaired) electrons. The minimum absolute atomic E-state index is 0.137. The average Bonchev–Trinajstić information content (AvgIpc) is 2.67. The maximum absolute atomic E-state index is 8.97. The molecule has 1 aliphatic heterocycles. The van der Waals surface area contributed by atoms with Crippen molar-refractivity contribution in [1.82, 2.24) is 0 Å². The van der Waals surface area contributed by atoms with Gasteiger partial charge in [0.05, 0.1) is 6.61 Å². The van der Waals surface area contributed by atoms with E-state index in [1.165, 1.54) is 5.56 Å². The molecule has 1 aromatic rings. The summed E-state index contributed by atoms with van der Waals surface area (Å²) >= 11 is 0. The van der Waals surface area contributed by atoms with Gasteiger partial charge < -0.3 is 14.9 Å². The average molecular weight is 208 g/mol. The molecule has 0 saturated carbocycles. The Morgan fingerprint density at radius 2 is 1.93 bits per heavy atom. The minimum atomic E-state index is 0.137. The number of hydrogen-bond donors (Lipinski definition) is 2. The third-order valence-electron chi connectivity index (χ3n) is 2.70. The molecule has 0 unspecified atom stereocenters. The van der Waals surface area contributed by atoms with Crippen LogP contribution in [0.2, 0.25) is 0 Å². The van der Waals surface area contributed by atoms with Crippen LogP contribution in [0.1, 0.15) is 16.7 Å². The molecule has 82 valence electrons. The molecule has 0 amide bonds. The summed E-state index contributed by atoms with van der Waals surface area (Å²) in [5, 5.41) is 17.9. The molecular formula is C12H16O3. The molecule has 3 heteroatoms. The fraction of sp³-hybridized carbons (Fsp3) is 0.500. The maximum atomic E-state index is 8.97. The van der Waals surface area contributed by atoms with Crippen molar-refractivity contribution in [3.05, 3.63) is 28.8 Å². The molecule has 1 aliphatic rings. The molecule has 0 aromatic heterocycles. The lowest BCUT2D eigenvalue weighted by Crippen LogP contribution is -1.98. The van der Waals surface area contributed by atoms with E-state index in [2.05, 4.69) is 6.07 Å². The molecule has 0 aliphatic carbocycles. The first-order valence-electron chi connectivity index (χ1n) is 5.34. The van der Waals surface area contributed by atoms with E-state index in [9.17, 15) is 0 Å². The lowest BCUT2D eigenvalue weighted by molar-refractivity contribution is 0.294. The van der Waals surface area contributed by atoms with E-state index in [1.54, 1.807) is 0 Å². The Morgan fingerprint density at radius 3 is 2.67 bits per heavy atom. The second-order valence-electron chi connectivity index (χ2n) is 3.79. The van der Waals surface area contributed by atoms with Crippen LogP contribution >= 0.6 is 0 Å². The Bertz CT molecular complexity index is 347. The van der Waals surface area contributed by atoms with Crippen LogP contribution in [0, 0.1) is 0 Å². The van der Waals surface area contributed by atoms with Gasteiger partial charge in [-0.05, 0) is 29.5 Å². The first-order chi connectivity index (χ1) is 7.35. The van der Waals surface area contributed by atoms with Crippen molar-refractivity contribution in [2.24, 2.45) is 0 Å². The van der Waals surface area contributed by atoms with Gasteiger partial charge in [-0.2, -0.15) is 0 Å². The van der Waals surface area contributed by atoms with Gasteiger partial charge in [0.25, 0.3) is 0 Å². The molecule has 1 aromatic carbocycles. The van der Waals surface area contributed by atoms with E-state index < -0.39 is 0 Å². The Balaban J connectivity index is 2.34. The molecule has 0 spiro atoms. The van der Waals surface area contributed by atoms with E-state index >= 15 is 0 Å². The zero-order valence-corrected chi connectivity index (χ0v) is 8.70. The standard InChI is InChI=1S/C12H16O3/c13-4-1-9-7-10(2-5-14)12-11(8-9)3-6-15-12/h7-8,13-14H,1-6H2. The van der Waals surface area contributed by atoms with Crippen LogP contribution < -0.4 is 4.74 Å². The molecule has 0 bridgehead atoms. The fourth-order valence-electron chi connectivity index (χ4n) is 2.04. The lowest BCUT2D eigenvalue weighted by atomic mass is 10.00. The van der Waals surface area contributed by atoms with Crippen LogP contribution in [0.3, 0.4) is 0 Å². The maximum Gasteiger partial charge on any atom is 0.125 e. The van der Waals surface area contributed by atoms with E-state index in [0.29, 0.717) is 12.8 Å². The number of rotatable bonds is 4. The van der Waals surface area contributed by atoms with Crippen molar-refractivity contribution >= 4 is 0 Å². The molecule has 0 atom stereocenters.